The molecule has 1 saturated carbocycles. The average molecular weight is 496 g/mol. The zero-order valence-corrected chi connectivity index (χ0v) is 20.2. The van der Waals surface area contributed by atoms with Crippen molar-refractivity contribution in [1.82, 2.24) is 10.2 Å². The summed E-state index contributed by atoms with van der Waals surface area (Å²) in [4.78, 5) is 39.9. The first-order valence-corrected chi connectivity index (χ1v) is 12.4. The topological polar surface area (TPSA) is 97.0 Å². The summed E-state index contributed by atoms with van der Waals surface area (Å²) < 4.78 is 25.4. The van der Waals surface area contributed by atoms with Crippen molar-refractivity contribution in [3.63, 3.8) is 0 Å². The van der Waals surface area contributed by atoms with Crippen LogP contribution >= 0.6 is 0 Å². The predicted molar refractivity (Wildman–Crippen MR) is 130 cm³/mol. The van der Waals surface area contributed by atoms with Crippen molar-refractivity contribution in [3.05, 3.63) is 59.4 Å². The molecule has 0 bridgehead atoms. The van der Waals surface area contributed by atoms with E-state index in [-0.39, 0.29) is 36.7 Å². The highest BCUT2D eigenvalue weighted by Gasteiger charge is 2.39. The van der Waals surface area contributed by atoms with E-state index >= 15 is 0 Å². The van der Waals surface area contributed by atoms with Gasteiger partial charge in [-0.3, -0.25) is 14.4 Å². The molecule has 9 heteroatoms. The van der Waals surface area contributed by atoms with Crippen LogP contribution in [-0.2, 0) is 9.53 Å². The first kappa shape index (κ1) is 24.2. The fourth-order valence-corrected chi connectivity index (χ4v) is 4.96. The lowest BCUT2D eigenvalue weighted by Crippen LogP contribution is -2.54. The van der Waals surface area contributed by atoms with Crippen molar-refractivity contribution in [2.24, 2.45) is 0 Å². The second-order valence-corrected chi connectivity index (χ2v) is 9.74. The summed E-state index contributed by atoms with van der Waals surface area (Å²) in [7, 11) is 1.74. The zero-order chi connectivity index (χ0) is 25.2. The Bertz CT molecular complexity index is 1150. The van der Waals surface area contributed by atoms with Gasteiger partial charge in [-0.2, -0.15) is 0 Å². The molecule has 5 rings (SSSR count). The highest BCUT2D eigenvalue weighted by molar-refractivity contribution is 6.05. The van der Waals surface area contributed by atoms with Gasteiger partial charge in [-0.05, 0) is 74.6 Å². The average Bonchev–Trinajstić information content (AvgIpc) is 2.84. The van der Waals surface area contributed by atoms with Gasteiger partial charge < -0.3 is 25.0 Å². The van der Waals surface area contributed by atoms with Crippen LogP contribution in [0.1, 0.15) is 59.2 Å². The van der Waals surface area contributed by atoms with Crippen LogP contribution in [0.15, 0.2) is 42.5 Å². The number of benzene rings is 2. The van der Waals surface area contributed by atoms with E-state index in [2.05, 4.69) is 10.6 Å². The number of hydrogen-bond donors (Lipinski definition) is 2. The molecule has 1 aliphatic carbocycles. The van der Waals surface area contributed by atoms with Crippen molar-refractivity contribution in [2.75, 3.05) is 19.0 Å². The fraction of sp³-hybridized carbons (Fsp3) is 0.444. The second-order valence-electron chi connectivity index (χ2n) is 9.74. The number of nitrogens with one attached hydrogen (secondary N) is 2. The number of halogens is 1. The van der Waals surface area contributed by atoms with E-state index in [1.807, 2.05) is 0 Å². The molecule has 3 atom stereocenters. The molecule has 2 aromatic carbocycles. The molecule has 0 aromatic heterocycles. The van der Waals surface area contributed by atoms with Gasteiger partial charge in [0, 0.05) is 24.3 Å². The first-order valence-electron chi connectivity index (χ1n) is 12.4. The van der Waals surface area contributed by atoms with Crippen LogP contribution in [0.25, 0.3) is 0 Å². The second kappa shape index (κ2) is 10.3. The highest BCUT2D eigenvalue weighted by atomic mass is 19.1. The molecular weight excluding hydrogens is 465 g/mol. The van der Waals surface area contributed by atoms with Gasteiger partial charge in [0.25, 0.3) is 11.8 Å². The maximum Gasteiger partial charge on any atom is 0.257 e. The van der Waals surface area contributed by atoms with Crippen LogP contribution in [0.2, 0.25) is 0 Å². The van der Waals surface area contributed by atoms with Gasteiger partial charge in [-0.15, -0.1) is 0 Å². The van der Waals surface area contributed by atoms with Gasteiger partial charge in [0.15, 0.2) is 0 Å². The Morgan fingerprint density at radius 2 is 1.86 bits per heavy atom. The number of rotatable bonds is 5. The molecule has 1 saturated heterocycles. The van der Waals surface area contributed by atoms with Crippen LogP contribution in [-0.4, -0.2) is 60.6 Å². The van der Waals surface area contributed by atoms with Gasteiger partial charge >= 0.3 is 0 Å². The van der Waals surface area contributed by atoms with Gasteiger partial charge in [0.1, 0.15) is 24.3 Å². The minimum absolute atomic E-state index is 0.0138. The molecular formula is C27H30FN3O5. The van der Waals surface area contributed by atoms with Crippen LogP contribution in [0.4, 0.5) is 10.1 Å². The summed E-state index contributed by atoms with van der Waals surface area (Å²) in [6, 6.07) is 10.2. The summed E-state index contributed by atoms with van der Waals surface area (Å²) in [5, 5.41) is 5.81. The highest BCUT2D eigenvalue weighted by Crippen LogP contribution is 2.32. The van der Waals surface area contributed by atoms with Crippen molar-refractivity contribution < 1.29 is 28.2 Å². The Morgan fingerprint density at radius 1 is 1.08 bits per heavy atom. The summed E-state index contributed by atoms with van der Waals surface area (Å²) in [5.41, 5.74) is 1.08. The summed E-state index contributed by atoms with van der Waals surface area (Å²) >= 11 is 0. The molecule has 3 aliphatic rings. The van der Waals surface area contributed by atoms with Crippen LogP contribution < -0.4 is 15.4 Å². The van der Waals surface area contributed by atoms with E-state index in [4.69, 9.17) is 9.47 Å². The standard InChI is InChI=1S/C27H30FN3O5/c1-31-22-11-10-20(14-25(32)29-18-3-2-4-18)36-24(22)15-35-23-12-9-19(13-21(23)27(31)34)30-26(33)16-5-7-17(28)8-6-16/h5-9,12-13,18,20,22,24H,2-4,10-11,14-15H2,1H3,(H,29,32)(H,30,33)/t20-,22+,24-/m0/s1. The minimum Gasteiger partial charge on any atom is -0.490 e. The molecule has 2 aromatic rings. The number of likely N-dealkylation sites (N-methyl/N-ethyl adjacent to an activating group) is 1. The van der Waals surface area contributed by atoms with Gasteiger partial charge in [0.2, 0.25) is 5.91 Å². The molecule has 0 unspecified atom stereocenters. The first-order chi connectivity index (χ1) is 17.4. The lowest BCUT2D eigenvalue weighted by molar-refractivity contribution is -0.135. The molecule has 0 radical (unpaired) electrons. The lowest BCUT2D eigenvalue weighted by Gasteiger charge is -2.42. The van der Waals surface area contributed by atoms with Crippen molar-refractivity contribution >= 4 is 23.4 Å². The van der Waals surface area contributed by atoms with Crippen LogP contribution in [0, 0.1) is 5.82 Å². The smallest absolute Gasteiger partial charge is 0.257 e. The quantitative estimate of drug-likeness (QED) is 0.662. The SMILES string of the molecule is CN1C(=O)c2cc(NC(=O)c3ccc(F)cc3)ccc2OC[C@@H]2O[C@H](CC(=O)NC3CCC3)CC[C@H]21. The van der Waals surface area contributed by atoms with E-state index < -0.39 is 11.7 Å². The molecule has 3 amide bonds. The largest absolute Gasteiger partial charge is 0.490 e. The maximum absolute atomic E-state index is 13.4. The summed E-state index contributed by atoms with van der Waals surface area (Å²) in [6.45, 7) is 0.247. The van der Waals surface area contributed by atoms with Gasteiger partial charge in [-0.1, -0.05) is 0 Å². The number of nitrogens with zero attached hydrogens (tertiary/aromatic N) is 1. The number of anilines is 1. The van der Waals surface area contributed by atoms with E-state index in [0.717, 1.165) is 19.3 Å². The zero-order valence-electron chi connectivity index (χ0n) is 20.2. The molecule has 8 nitrogen and oxygen atoms in total. The van der Waals surface area contributed by atoms with E-state index in [1.54, 1.807) is 30.1 Å². The van der Waals surface area contributed by atoms with E-state index in [0.29, 0.717) is 47.9 Å². The summed E-state index contributed by atoms with van der Waals surface area (Å²) in [5.74, 6) is -0.650. The summed E-state index contributed by atoms with van der Waals surface area (Å²) in [6.07, 6.45) is 4.38. The van der Waals surface area contributed by atoms with Gasteiger partial charge in [0.05, 0.1) is 24.1 Å². The monoisotopic (exact) mass is 495 g/mol. The Kier molecular flexibility index (Phi) is 6.91. The van der Waals surface area contributed by atoms with Crippen molar-refractivity contribution in [2.45, 2.75) is 62.8 Å². The number of fused-ring (bicyclic) bond motifs is 2. The third-order valence-corrected chi connectivity index (χ3v) is 7.26. The minimum atomic E-state index is -0.424. The van der Waals surface area contributed by atoms with E-state index in [9.17, 15) is 18.8 Å². The molecule has 190 valence electrons. The number of carbonyl (C=O) groups excluding carboxylic acids is 3. The van der Waals surface area contributed by atoms with Crippen molar-refractivity contribution in [3.8, 4) is 5.75 Å². The number of ether oxygens (including phenoxy) is 2. The number of amides is 3. The Balaban J connectivity index is 1.26. The molecule has 2 heterocycles. The predicted octanol–water partition coefficient (Wildman–Crippen LogP) is 3.52. The Morgan fingerprint density at radius 3 is 2.58 bits per heavy atom. The maximum atomic E-state index is 13.4. The molecule has 36 heavy (non-hydrogen) atoms. The Labute approximate surface area is 209 Å². The number of hydrogen-bond acceptors (Lipinski definition) is 5. The number of carbonyl (C=O) groups is 3. The third-order valence-electron chi connectivity index (χ3n) is 7.26. The molecule has 2 N–H and O–H groups in total. The normalized spacial score (nSPS) is 23.8. The fourth-order valence-electron chi connectivity index (χ4n) is 4.96. The molecule has 0 spiro atoms. The van der Waals surface area contributed by atoms with Crippen LogP contribution in [0.3, 0.4) is 0 Å². The third kappa shape index (κ3) is 5.21. The lowest BCUT2D eigenvalue weighted by atomic mass is 9.92. The van der Waals surface area contributed by atoms with Crippen LogP contribution in [0.5, 0.6) is 5.75 Å². The molecule has 2 fully saturated rings. The van der Waals surface area contributed by atoms with E-state index in [1.165, 1.54) is 24.3 Å². The molecule has 2 aliphatic heterocycles. The Hall–Kier alpha value is -3.46. The van der Waals surface area contributed by atoms with Crippen molar-refractivity contribution in [1.29, 1.82) is 0 Å². The van der Waals surface area contributed by atoms with Gasteiger partial charge in [-0.25, -0.2) is 4.39 Å².